The summed E-state index contributed by atoms with van der Waals surface area (Å²) in [6.45, 7) is 13.1. The van der Waals surface area contributed by atoms with Gasteiger partial charge in [-0.1, -0.05) is 80.1 Å². The number of carboxylic acid groups (broad SMARTS) is 4. The minimum absolute atomic E-state index is 0. The van der Waals surface area contributed by atoms with E-state index in [9.17, 15) is 39.6 Å². The quantitative estimate of drug-likeness (QED) is 0.0881. The Labute approximate surface area is 339 Å². The second-order valence-electron chi connectivity index (χ2n) is 12.3. The summed E-state index contributed by atoms with van der Waals surface area (Å²) >= 11 is 0. The van der Waals surface area contributed by atoms with Crippen LogP contribution in [-0.4, -0.2) is 63.5 Å². The fraction of sp³-hybridized carbons (Fsp3) is 0.600. The third-order valence-electron chi connectivity index (χ3n) is 7.74. The Morgan fingerprint density at radius 2 is 0.636 bits per heavy atom. The van der Waals surface area contributed by atoms with Crippen LogP contribution in [0.5, 0.6) is 34.5 Å². The first-order valence-corrected chi connectivity index (χ1v) is 19.0. The third kappa shape index (κ3) is 17.0. The molecule has 0 aromatic heterocycles. The molecule has 304 valence electrons. The van der Waals surface area contributed by atoms with Crippen LogP contribution in [0, 0.1) is 0 Å². The van der Waals surface area contributed by atoms with Crippen LogP contribution in [0.2, 0.25) is 0 Å². The van der Waals surface area contributed by atoms with Crippen LogP contribution < -0.4 is 48.8 Å². The maximum absolute atomic E-state index is 11.8. The van der Waals surface area contributed by atoms with Crippen molar-refractivity contribution < 1.29 is 89.7 Å². The molecule has 0 radical (unpaired) electrons. The topological polar surface area (TPSA) is 216 Å². The Kier molecular flexibility index (Phi) is 27.0. The molecule has 15 heteroatoms. The van der Waals surface area contributed by atoms with Crippen molar-refractivity contribution in [3.05, 3.63) is 34.4 Å². The van der Waals surface area contributed by atoms with E-state index in [0.29, 0.717) is 38.5 Å². The van der Waals surface area contributed by atoms with Crippen molar-refractivity contribution in [3.8, 4) is 34.5 Å². The van der Waals surface area contributed by atoms with Crippen LogP contribution in [0.25, 0.3) is 0 Å². The molecule has 0 aliphatic heterocycles. The van der Waals surface area contributed by atoms with Gasteiger partial charge in [0, 0.05) is 11.1 Å². The molecule has 0 saturated carbocycles. The standard InChI is InChI=1S/2C20H30O7.Ti/c2*1-4-7-10-25-15-13-14(19(21)22)17(26-11-8-5-2)18(16(15)20(23)24)27-12-9-6-3;/h2*13H,4-12H2,1-3H3,(H,21,22)(H,23,24);/q;;+4/p-4. The average molecular weight is 809 g/mol. The number of hydrogen-bond donors (Lipinski definition) is 0. The molecule has 0 unspecified atom stereocenters. The molecule has 0 bridgehead atoms. The number of hydrogen-bond acceptors (Lipinski definition) is 14. The fourth-order valence-corrected chi connectivity index (χ4v) is 4.64. The molecular formula is C40H56O14Ti. The Morgan fingerprint density at radius 1 is 0.400 bits per heavy atom. The van der Waals surface area contributed by atoms with E-state index in [-0.39, 0.29) is 118 Å². The zero-order chi connectivity index (χ0) is 40.5. The van der Waals surface area contributed by atoms with Crippen LogP contribution >= 0.6 is 0 Å². The van der Waals surface area contributed by atoms with E-state index in [0.717, 1.165) is 50.7 Å². The molecule has 2 aromatic carbocycles. The smallest absolute Gasteiger partial charge is 0.545 e. The fourth-order valence-electron chi connectivity index (χ4n) is 4.64. The van der Waals surface area contributed by atoms with Crippen LogP contribution in [0.4, 0.5) is 0 Å². The Bertz CT molecular complexity index is 1370. The van der Waals surface area contributed by atoms with Gasteiger partial charge in [-0.15, -0.1) is 0 Å². The number of benzene rings is 2. The average Bonchev–Trinajstić information content (AvgIpc) is 3.12. The molecule has 0 spiro atoms. The van der Waals surface area contributed by atoms with E-state index >= 15 is 0 Å². The molecule has 14 nitrogen and oxygen atoms in total. The predicted molar refractivity (Wildman–Crippen MR) is 193 cm³/mol. The SMILES string of the molecule is CCCCOc1cc(C(=O)[O-])c(OCCCC)c(OCCCC)c1C(=O)[O-].CCCCOc1cc(C(=O)[O-])c(OCCCC)c(OCCCC)c1C(=O)[O-].[Ti+4]. The largest absolute Gasteiger partial charge is 4.00 e. The van der Waals surface area contributed by atoms with Gasteiger partial charge < -0.3 is 68.0 Å². The van der Waals surface area contributed by atoms with Crippen LogP contribution in [-0.2, 0) is 21.7 Å². The van der Waals surface area contributed by atoms with Gasteiger partial charge in [-0.05, 0) is 50.7 Å². The molecule has 0 saturated heterocycles. The van der Waals surface area contributed by atoms with Crippen molar-refractivity contribution in [3.63, 3.8) is 0 Å². The second kappa shape index (κ2) is 29.2. The second-order valence-corrected chi connectivity index (χ2v) is 12.3. The molecular weight excluding hydrogens is 752 g/mol. The summed E-state index contributed by atoms with van der Waals surface area (Å²) in [6.07, 6.45) is 9.06. The molecule has 0 fully saturated rings. The summed E-state index contributed by atoms with van der Waals surface area (Å²) in [4.78, 5) is 46.8. The molecule has 0 atom stereocenters. The normalized spacial score (nSPS) is 10.3. The van der Waals surface area contributed by atoms with Crippen molar-refractivity contribution in [1.29, 1.82) is 0 Å². The van der Waals surface area contributed by atoms with Crippen molar-refractivity contribution in [2.24, 2.45) is 0 Å². The molecule has 2 rings (SSSR count). The van der Waals surface area contributed by atoms with Gasteiger partial charge in [0.2, 0.25) is 0 Å². The molecule has 0 N–H and O–H groups in total. The van der Waals surface area contributed by atoms with Gasteiger partial charge in [0.25, 0.3) is 0 Å². The molecule has 55 heavy (non-hydrogen) atoms. The van der Waals surface area contributed by atoms with Crippen LogP contribution in [0.1, 0.15) is 160 Å². The number of unbranched alkanes of at least 4 members (excludes halogenated alkanes) is 6. The molecule has 0 aliphatic rings. The van der Waals surface area contributed by atoms with E-state index < -0.39 is 23.9 Å². The van der Waals surface area contributed by atoms with Crippen molar-refractivity contribution >= 4 is 23.9 Å². The zero-order valence-electron chi connectivity index (χ0n) is 33.1. The maximum Gasteiger partial charge on any atom is 4.00 e. The van der Waals surface area contributed by atoms with Crippen LogP contribution in [0.15, 0.2) is 12.1 Å². The van der Waals surface area contributed by atoms with E-state index in [4.69, 9.17) is 28.4 Å². The first-order valence-electron chi connectivity index (χ1n) is 19.0. The number of carboxylic acids is 4. The number of rotatable bonds is 28. The third-order valence-corrected chi connectivity index (χ3v) is 7.74. The summed E-state index contributed by atoms with van der Waals surface area (Å²) < 4.78 is 33.4. The number of carbonyl (C=O) groups is 4. The van der Waals surface area contributed by atoms with Crippen LogP contribution in [0.3, 0.4) is 0 Å². The van der Waals surface area contributed by atoms with E-state index in [1.165, 1.54) is 0 Å². The maximum atomic E-state index is 11.8. The minimum atomic E-state index is -1.52. The Morgan fingerprint density at radius 3 is 0.855 bits per heavy atom. The summed E-state index contributed by atoms with van der Waals surface area (Å²) in [7, 11) is 0. The van der Waals surface area contributed by atoms with E-state index in [1.54, 1.807) is 0 Å². The number of carbonyl (C=O) groups excluding carboxylic acids is 4. The minimum Gasteiger partial charge on any atom is -0.545 e. The predicted octanol–water partition coefficient (Wildman–Crippen LogP) is 3.90. The summed E-state index contributed by atoms with van der Waals surface area (Å²) in [6, 6.07) is 2.23. The number of aromatic carboxylic acids is 4. The summed E-state index contributed by atoms with van der Waals surface area (Å²) in [5.41, 5.74) is -1.26. The Balaban J connectivity index is 0.00000104. The zero-order valence-corrected chi connectivity index (χ0v) is 34.7. The molecule has 2 aromatic rings. The number of ether oxygens (including phenoxy) is 6. The first-order chi connectivity index (χ1) is 25.9. The van der Waals surface area contributed by atoms with Crippen molar-refractivity contribution in [2.45, 2.75) is 119 Å². The van der Waals surface area contributed by atoms with Gasteiger partial charge in [0.15, 0.2) is 23.0 Å². The van der Waals surface area contributed by atoms with Crippen molar-refractivity contribution in [2.75, 3.05) is 39.6 Å². The van der Waals surface area contributed by atoms with Gasteiger partial charge in [-0.25, -0.2) is 0 Å². The Hall–Kier alpha value is -4.17. The van der Waals surface area contributed by atoms with Gasteiger partial charge in [0.05, 0.1) is 74.6 Å². The molecule has 0 aliphatic carbocycles. The molecule has 0 amide bonds. The first kappa shape index (κ1) is 50.8. The van der Waals surface area contributed by atoms with Gasteiger partial charge in [-0.2, -0.15) is 0 Å². The monoisotopic (exact) mass is 808 g/mol. The van der Waals surface area contributed by atoms with Gasteiger partial charge in [-0.3, -0.25) is 0 Å². The van der Waals surface area contributed by atoms with E-state index in [1.807, 2.05) is 41.5 Å². The molecule has 0 heterocycles. The van der Waals surface area contributed by atoms with Crippen molar-refractivity contribution in [1.82, 2.24) is 0 Å². The summed E-state index contributed by atoms with van der Waals surface area (Å²) in [5.74, 6) is -6.90. The van der Waals surface area contributed by atoms with Gasteiger partial charge in [0.1, 0.15) is 11.5 Å². The van der Waals surface area contributed by atoms with Gasteiger partial charge >= 0.3 is 21.7 Å². The summed E-state index contributed by atoms with van der Waals surface area (Å²) in [5, 5.41) is 46.8. The van der Waals surface area contributed by atoms with E-state index in [2.05, 4.69) is 0 Å².